The zero-order chi connectivity index (χ0) is 17.4. The fourth-order valence-corrected chi connectivity index (χ4v) is 2.75. The second kappa shape index (κ2) is 9.24. The van der Waals surface area contributed by atoms with Gasteiger partial charge >= 0.3 is 5.97 Å². The van der Waals surface area contributed by atoms with Crippen LogP contribution in [0.5, 0.6) is 5.75 Å². The molecule has 2 atom stereocenters. The third-order valence-electron chi connectivity index (χ3n) is 3.95. The molecule has 1 aliphatic heterocycles. The fourth-order valence-electron chi connectivity index (χ4n) is 2.75. The van der Waals surface area contributed by atoms with Crippen LogP contribution in [0.15, 0.2) is 18.2 Å². The van der Waals surface area contributed by atoms with Crippen molar-refractivity contribution >= 4 is 18.1 Å². The first-order chi connectivity index (χ1) is 11.7. The van der Waals surface area contributed by atoms with E-state index in [1.807, 2.05) is 18.2 Å². The molecule has 1 aromatic carbocycles. The Morgan fingerprint density at radius 2 is 2.25 bits per heavy atom. The minimum atomic E-state index is -0.331. The van der Waals surface area contributed by atoms with Crippen LogP contribution in [0.4, 0.5) is 5.69 Å². The second-order valence-electron chi connectivity index (χ2n) is 5.50. The highest BCUT2D eigenvalue weighted by molar-refractivity contribution is 5.75. The molecule has 0 saturated carbocycles. The SMILES string of the molecule is CCOC(=O)COC1CCC(c2ccc(NC=O)c(OC)c2)NC1. The normalized spacial score (nSPS) is 20.2. The molecular weight excluding hydrogens is 312 g/mol. The lowest BCUT2D eigenvalue weighted by Gasteiger charge is -2.30. The zero-order valence-electron chi connectivity index (χ0n) is 14.0. The van der Waals surface area contributed by atoms with Crippen LogP contribution in [-0.4, -0.2) is 45.4 Å². The lowest BCUT2D eigenvalue weighted by atomic mass is 9.95. The van der Waals surface area contributed by atoms with Crippen LogP contribution in [0.2, 0.25) is 0 Å². The molecular formula is C17H24N2O5. The molecule has 0 bridgehead atoms. The van der Waals surface area contributed by atoms with Gasteiger partial charge in [-0.2, -0.15) is 0 Å². The summed E-state index contributed by atoms with van der Waals surface area (Å²) in [5.74, 6) is 0.296. The van der Waals surface area contributed by atoms with E-state index in [9.17, 15) is 9.59 Å². The summed E-state index contributed by atoms with van der Waals surface area (Å²) in [6, 6.07) is 5.90. The van der Waals surface area contributed by atoms with E-state index < -0.39 is 0 Å². The molecule has 1 fully saturated rings. The van der Waals surface area contributed by atoms with Crippen molar-refractivity contribution in [3.8, 4) is 5.75 Å². The van der Waals surface area contributed by atoms with E-state index in [0.29, 0.717) is 31.0 Å². The quantitative estimate of drug-likeness (QED) is 0.554. The molecule has 1 saturated heterocycles. The van der Waals surface area contributed by atoms with Gasteiger partial charge in [-0.1, -0.05) is 6.07 Å². The number of hydrogen-bond donors (Lipinski definition) is 2. The Labute approximate surface area is 141 Å². The van der Waals surface area contributed by atoms with Gasteiger partial charge in [0.2, 0.25) is 6.41 Å². The summed E-state index contributed by atoms with van der Waals surface area (Å²) in [6.07, 6.45) is 2.37. The molecule has 2 rings (SSSR count). The summed E-state index contributed by atoms with van der Waals surface area (Å²) in [6.45, 7) is 2.80. The average molecular weight is 336 g/mol. The maximum Gasteiger partial charge on any atom is 0.332 e. The van der Waals surface area contributed by atoms with Crippen LogP contribution in [0.3, 0.4) is 0 Å². The summed E-state index contributed by atoms with van der Waals surface area (Å²) in [5.41, 5.74) is 1.73. The molecule has 2 N–H and O–H groups in total. The molecule has 132 valence electrons. The standard InChI is InChI=1S/C17H24N2O5/c1-3-23-17(21)10-24-13-5-7-14(18-9-13)12-4-6-15(19-11-20)16(8-12)22-2/h4,6,8,11,13-14,18H,3,5,7,9-10H2,1-2H3,(H,19,20). The maximum atomic E-state index is 11.3. The van der Waals surface area contributed by atoms with Gasteiger partial charge in [0.25, 0.3) is 0 Å². The van der Waals surface area contributed by atoms with Gasteiger partial charge in [0.1, 0.15) is 12.4 Å². The molecule has 24 heavy (non-hydrogen) atoms. The number of hydrogen-bond acceptors (Lipinski definition) is 6. The molecule has 0 spiro atoms. The van der Waals surface area contributed by atoms with E-state index in [0.717, 1.165) is 18.4 Å². The number of nitrogens with one attached hydrogen (secondary N) is 2. The molecule has 0 aromatic heterocycles. The maximum absolute atomic E-state index is 11.3. The van der Waals surface area contributed by atoms with Gasteiger partial charge in [0.05, 0.1) is 25.5 Å². The summed E-state index contributed by atoms with van der Waals surface area (Å²) < 4.78 is 15.7. The van der Waals surface area contributed by atoms with E-state index in [1.54, 1.807) is 14.0 Å². The number of ether oxygens (including phenoxy) is 3. The predicted molar refractivity (Wildman–Crippen MR) is 89.0 cm³/mol. The van der Waals surface area contributed by atoms with Gasteiger partial charge in [-0.3, -0.25) is 4.79 Å². The molecule has 2 unspecified atom stereocenters. The van der Waals surface area contributed by atoms with Gasteiger partial charge in [0, 0.05) is 12.6 Å². The van der Waals surface area contributed by atoms with Gasteiger partial charge in [-0.05, 0) is 37.5 Å². The number of carbonyl (C=O) groups is 2. The van der Waals surface area contributed by atoms with E-state index in [4.69, 9.17) is 14.2 Å². The van der Waals surface area contributed by atoms with Crippen LogP contribution in [0.25, 0.3) is 0 Å². The number of methoxy groups -OCH3 is 1. The van der Waals surface area contributed by atoms with Gasteiger partial charge in [-0.25, -0.2) is 4.79 Å². The van der Waals surface area contributed by atoms with Gasteiger partial charge < -0.3 is 24.8 Å². The first kappa shape index (κ1) is 18.2. The Bertz CT molecular complexity index is 556. The van der Waals surface area contributed by atoms with Crippen molar-refractivity contribution in [2.45, 2.75) is 31.9 Å². The lowest BCUT2D eigenvalue weighted by molar-refractivity contribution is -0.151. The molecule has 1 heterocycles. The summed E-state index contributed by atoms with van der Waals surface area (Å²) in [4.78, 5) is 21.9. The molecule has 0 aliphatic carbocycles. The summed E-state index contributed by atoms with van der Waals surface area (Å²) in [5, 5.41) is 6.03. The van der Waals surface area contributed by atoms with Crippen molar-refractivity contribution in [3.63, 3.8) is 0 Å². The first-order valence-electron chi connectivity index (χ1n) is 8.06. The molecule has 1 aromatic rings. The molecule has 7 nitrogen and oxygen atoms in total. The molecule has 0 radical (unpaired) electrons. The lowest BCUT2D eigenvalue weighted by Crippen LogP contribution is -2.38. The Morgan fingerprint density at radius 3 is 2.88 bits per heavy atom. The summed E-state index contributed by atoms with van der Waals surface area (Å²) >= 11 is 0. The highest BCUT2D eigenvalue weighted by atomic mass is 16.6. The largest absolute Gasteiger partial charge is 0.495 e. The minimum absolute atomic E-state index is 0.00329. The molecule has 1 aliphatic rings. The smallest absolute Gasteiger partial charge is 0.332 e. The van der Waals surface area contributed by atoms with E-state index in [1.165, 1.54) is 0 Å². The van der Waals surface area contributed by atoms with E-state index in [2.05, 4.69) is 10.6 Å². The van der Waals surface area contributed by atoms with Crippen LogP contribution in [0, 0.1) is 0 Å². The van der Waals surface area contributed by atoms with Crippen LogP contribution < -0.4 is 15.4 Å². The monoisotopic (exact) mass is 336 g/mol. The number of benzene rings is 1. The number of rotatable bonds is 8. The number of piperidine rings is 1. The van der Waals surface area contributed by atoms with Crippen molar-refractivity contribution in [2.24, 2.45) is 0 Å². The van der Waals surface area contributed by atoms with Crippen molar-refractivity contribution in [1.29, 1.82) is 0 Å². The second-order valence-corrected chi connectivity index (χ2v) is 5.50. The zero-order valence-corrected chi connectivity index (χ0v) is 14.0. The van der Waals surface area contributed by atoms with Crippen molar-refractivity contribution in [2.75, 3.05) is 32.2 Å². The summed E-state index contributed by atoms with van der Waals surface area (Å²) in [7, 11) is 1.57. The van der Waals surface area contributed by atoms with Crippen LogP contribution in [-0.2, 0) is 19.1 Å². The van der Waals surface area contributed by atoms with Crippen LogP contribution in [0.1, 0.15) is 31.4 Å². The number of carbonyl (C=O) groups excluding carboxylic acids is 2. The Morgan fingerprint density at radius 1 is 1.42 bits per heavy atom. The Kier molecular flexibility index (Phi) is 7.02. The van der Waals surface area contributed by atoms with Crippen molar-refractivity contribution < 1.29 is 23.8 Å². The average Bonchev–Trinajstić information content (AvgIpc) is 2.61. The molecule has 1 amide bonds. The van der Waals surface area contributed by atoms with Gasteiger partial charge in [0.15, 0.2) is 0 Å². The fraction of sp³-hybridized carbons (Fsp3) is 0.529. The molecule has 7 heteroatoms. The third-order valence-corrected chi connectivity index (χ3v) is 3.95. The number of esters is 1. The Hall–Kier alpha value is -2.12. The van der Waals surface area contributed by atoms with Crippen molar-refractivity contribution in [3.05, 3.63) is 23.8 Å². The highest BCUT2D eigenvalue weighted by Gasteiger charge is 2.23. The Balaban J connectivity index is 1.87. The number of amides is 1. The minimum Gasteiger partial charge on any atom is -0.495 e. The van der Waals surface area contributed by atoms with E-state index in [-0.39, 0.29) is 24.7 Å². The van der Waals surface area contributed by atoms with Crippen molar-refractivity contribution in [1.82, 2.24) is 5.32 Å². The number of anilines is 1. The van der Waals surface area contributed by atoms with Crippen LogP contribution >= 0.6 is 0 Å². The third kappa shape index (κ3) is 4.94. The van der Waals surface area contributed by atoms with E-state index >= 15 is 0 Å². The predicted octanol–water partition coefficient (Wildman–Crippen LogP) is 1.64. The topological polar surface area (TPSA) is 85.9 Å². The van der Waals surface area contributed by atoms with Gasteiger partial charge in [-0.15, -0.1) is 0 Å². The first-order valence-corrected chi connectivity index (χ1v) is 8.06. The highest BCUT2D eigenvalue weighted by Crippen LogP contribution is 2.31.